The number of amides is 1. The van der Waals surface area contributed by atoms with Gasteiger partial charge in [0.15, 0.2) is 0 Å². The fourth-order valence-corrected chi connectivity index (χ4v) is 1.79. The molecular formula is C11H23NO3S. The van der Waals surface area contributed by atoms with Crippen LogP contribution in [0.15, 0.2) is 0 Å². The van der Waals surface area contributed by atoms with Gasteiger partial charge in [0.1, 0.15) is 5.60 Å². The molecule has 0 rings (SSSR count). The fraction of sp³-hybridized carbons (Fsp3) is 0.909. The van der Waals surface area contributed by atoms with Gasteiger partial charge in [-0.2, -0.15) is 11.8 Å². The van der Waals surface area contributed by atoms with E-state index >= 15 is 0 Å². The van der Waals surface area contributed by atoms with Crippen LogP contribution in [-0.4, -0.2) is 41.0 Å². The van der Waals surface area contributed by atoms with Gasteiger partial charge in [-0.3, -0.25) is 0 Å². The summed E-state index contributed by atoms with van der Waals surface area (Å²) >= 11 is 1.79. The van der Waals surface area contributed by atoms with E-state index in [2.05, 4.69) is 12.2 Å². The Bertz CT molecular complexity index is 204. The van der Waals surface area contributed by atoms with E-state index in [1.807, 2.05) is 20.8 Å². The van der Waals surface area contributed by atoms with E-state index in [0.717, 1.165) is 17.9 Å². The number of alkyl carbamates (subject to hydrolysis) is 1. The van der Waals surface area contributed by atoms with Crippen molar-refractivity contribution in [1.29, 1.82) is 0 Å². The number of rotatable bonds is 6. The normalized spacial score (nSPS) is 13.3. The van der Waals surface area contributed by atoms with Crippen molar-refractivity contribution >= 4 is 17.9 Å². The van der Waals surface area contributed by atoms with Crippen LogP contribution < -0.4 is 5.32 Å². The van der Waals surface area contributed by atoms with E-state index in [1.165, 1.54) is 0 Å². The van der Waals surface area contributed by atoms with Crippen LogP contribution in [0, 0.1) is 0 Å². The molecule has 0 bridgehead atoms. The second-order valence-electron chi connectivity index (χ2n) is 4.51. The molecule has 96 valence electrons. The summed E-state index contributed by atoms with van der Waals surface area (Å²) in [5, 5.41) is 11.8. The van der Waals surface area contributed by atoms with Gasteiger partial charge in [-0.1, -0.05) is 6.92 Å². The molecule has 0 radical (unpaired) electrons. The fourth-order valence-electron chi connectivity index (χ4n) is 1.05. The Balaban J connectivity index is 3.88. The van der Waals surface area contributed by atoms with E-state index in [-0.39, 0.29) is 12.6 Å². The second kappa shape index (κ2) is 7.79. The van der Waals surface area contributed by atoms with Gasteiger partial charge < -0.3 is 15.2 Å². The van der Waals surface area contributed by atoms with Crippen molar-refractivity contribution in [3.63, 3.8) is 0 Å². The molecule has 0 aromatic rings. The Hall–Kier alpha value is -0.420. The summed E-state index contributed by atoms with van der Waals surface area (Å²) in [7, 11) is 0. The topological polar surface area (TPSA) is 58.6 Å². The summed E-state index contributed by atoms with van der Waals surface area (Å²) in [6, 6.07) is -0.214. The maximum Gasteiger partial charge on any atom is 0.407 e. The van der Waals surface area contributed by atoms with Gasteiger partial charge in [-0.05, 0) is 38.7 Å². The average Bonchev–Trinajstić information content (AvgIpc) is 2.13. The van der Waals surface area contributed by atoms with Crippen molar-refractivity contribution < 1.29 is 14.6 Å². The number of aliphatic hydroxyl groups excluding tert-OH is 1. The molecule has 16 heavy (non-hydrogen) atoms. The van der Waals surface area contributed by atoms with Crippen LogP contribution in [0.25, 0.3) is 0 Å². The molecule has 0 aromatic carbocycles. The third kappa shape index (κ3) is 8.85. The van der Waals surface area contributed by atoms with Crippen molar-refractivity contribution in [1.82, 2.24) is 5.32 Å². The van der Waals surface area contributed by atoms with E-state index in [0.29, 0.717) is 0 Å². The minimum absolute atomic E-state index is 0.0521. The lowest BCUT2D eigenvalue weighted by Gasteiger charge is -2.22. The Morgan fingerprint density at radius 3 is 2.56 bits per heavy atom. The average molecular weight is 249 g/mol. The van der Waals surface area contributed by atoms with Gasteiger partial charge in [-0.25, -0.2) is 4.79 Å². The molecule has 0 fully saturated rings. The van der Waals surface area contributed by atoms with Crippen molar-refractivity contribution in [3.8, 4) is 0 Å². The number of nitrogens with one attached hydrogen (secondary N) is 1. The number of thioether (sulfide) groups is 1. The summed E-state index contributed by atoms with van der Waals surface area (Å²) in [6.45, 7) is 7.47. The highest BCUT2D eigenvalue weighted by Gasteiger charge is 2.18. The lowest BCUT2D eigenvalue weighted by molar-refractivity contribution is 0.0481. The first-order valence-electron chi connectivity index (χ1n) is 5.57. The molecule has 0 saturated heterocycles. The number of aliphatic hydroxyl groups is 1. The predicted molar refractivity (Wildman–Crippen MR) is 67.9 cm³/mol. The molecule has 4 nitrogen and oxygen atoms in total. The molecule has 0 heterocycles. The van der Waals surface area contributed by atoms with Crippen LogP contribution in [0.2, 0.25) is 0 Å². The molecule has 0 aliphatic heterocycles. The molecule has 2 N–H and O–H groups in total. The molecule has 1 unspecified atom stereocenters. The van der Waals surface area contributed by atoms with Crippen molar-refractivity contribution in [2.45, 2.75) is 45.8 Å². The number of hydrogen-bond acceptors (Lipinski definition) is 4. The van der Waals surface area contributed by atoms with Crippen LogP contribution in [0.1, 0.15) is 34.1 Å². The van der Waals surface area contributed by atoms with Gasteiger partial charge in [0.05, 0.1) is 12.6 Å². The quantitative estimate of drug-likeness (QED) is 0.707. The maximum atomic E-state index is 11.4. The van der Waals surface area contributed by atoms with Gasteiger partial charge in [0.25, 0.3) is 0 Å². The molecule has 0 saturated carbocycles. The van der Waals surface area contributed by atoms with Gasteiger partial charge in [0.2, 0.25) is 0 Å². The maximum absolute atomic E-state index is 11.4. The minimum Gasteiger partial charge on any atom is -0.444 e. The van der Waals surface area contributed by atoms with Gasteiger partial charge in [-0.15, -0.1) is 0 Å². The smallest absolute Gasteiger partial charge is 0.407 e. The Kier molecular flexibility index (Phi) is 7.58. The van der Waals surface area contributed by atoms with Gasteiger partial charge >= 0.3 is 6.09 Å². The number of carbonyl (C=O) groups is 1. The summed E-state index contributed by atoms with van der Waals surface area (Å²) < 4.78 is 5.11. The summed E-state index contributed by atoms with van der Waals surface area (Å²) in [4.78, 5) is 11.4. The highest BCUT2D eigenvalue weighted by molar-refractivity contribution is 7.99. The molecule has 0 aliphatic rings. The van der Waals surface area contributed by atoms with Crippen LogP contribution in [0.3, 0.4) is 0 Å². The van der Waals surface area contributed by atoms with Crippen LogP contribution >= 0.6 is 11.8 Å². The molecule has 1 amide bonds. The van der Waals surface area contributed by atoms with Crippen molar-refractivity contribution in [3.05, 3.63) is 0 Å². The zero-order chi connectivity index (χ0) is 12.6. The second-order valence-corrected chi connectivity index (χ2v) is 5.91. The SMILES string of the molecule is CCSCCC(CO)NC(=O)OC(C)(C)C. The molecular weight excluding hydrogens is 226 g/mol. The standard InChI is InChI=1S/C11H23NO3S/c1-5-16-7-6-9(8-13)12-10(14)15-11(2,3)4/h9,13H,5-8H2,1-4H3,(H,12,14). The Labute approximate surface area is 102 Å². The predicted octanol–water partition coefficient (Wildman–Crippen LogP) is 2.02. The minimum atomic E-state index is -0.498. The molecule has 5 heteroatoms. The Morgan fingerprint density at radius 2 is 2.12 bits per heavy atom. The third-order valence-electron chi connectivity index (χ3n) is 1.76. The van der Waals surface area contributed by atoms with E-state index in [1.54, 1.807) is 11.8 Å². The van der Waals surface area contributed by atoms with Crippen LogP contribution in [0.5, 0.6) is 0 Å². The van der Waals surface area contributed by atoms with E-state index in [4.69, 9.17) is 9.84 Å². The van der Waals surface area contributed by atoms with Crippen molar-refractivity contribution in [2.24, 2.45) is 0 Å². The Morgan fingerprint density at radius 1 is 1.50 bits per heavy atom. The summed E-state index contributed by atoms with van der Waals surface area (Å²) in [6.07, 6.45) is 0.293. The summed E-state index contributed by atoms with van der Waals surface area (Å²) in [5.41, 5.74) is -0.498. The molecule has 0 aliphatic carbocycles. The number of ether oxygens (including phenoxy) is 1. The van der Waals surface area contributed by atoms with Gasteiger partial charge in [0, 0.05) is 0 Å². The zero-order valence-corrected chi connectivity index (χ0v) is 11.4. The first kappa shape index (κ1) is 15.6. The number of hydrogen-bond donors (Lipinski definition) is 2. The third-order valence-corrected chi connectivity index (χ3v) is 2.69. The molecule has 0 aromatic heterocycles. The van der Waals surface area contributed by atoms with Crippen LogP contribution in [0.4, 0.5) is 4.79 Å². The van der Waals surface area contributed by atoms with Crippen LogP contribution in [-0.2, 0) is 4.74 Å². The first-order chi connectivity index (χ1) is 7.39. The first-order valence-corrected chi connectivity index (χ1v) is 6.72. The monoisotopic (exact) mass is 249 g/mol. The number of carbonyl (C=O) groups excluding carboxylic acids is 1. The molecule has 1 atom stereocenters. The highest BCUT2D eigenvalue weighted by Crippen LogP contribution is 2.08. The van der Waals surface area contributed by atoms with Crippen molar-refractivity contribution in [2.75, 3.05) is 18.1 Å². The van der Waals surface area contributed by atoms with E-state index < -0.39 is 11.7 Å². The zero-order valence-electron chi connectivity index (χ0n) is 10.6. The largest absolute Gasteiger partial charge is 0.444 e. The lowest BCUT2D eigenvalue weighted by atomic mass is 10.2. The highest BCUT2D eigenvalue weighted by atomic mass is 32.2. The lowest BCUT2D eigenvalue weighted by Crippen LogP contribution is -2.41. The summed E-state index contributed by atoms with van der Waals surface area (Å²) in [5.74, 6) is 1.97. The van der Waals surface area contributed by atoms with E-state index in [9.17, 15) is 4.79 Å². The molecule has 0 spiro atoms.